The van der Waals surface area contributed by atoms with E-state index >= 15 is 0 Å². The van der Waals surface area contributed by atoms with Crippen LogP contribution < -0.4 is 5.32 Å². The van der Waals surface area contributed by atoms with Gasteiger partial charge in [-0.1, -0.05) is 78.4 Å². The van der Waals surface area contributed by atoms with Gasteiger partial charge in [-0.3, -0.25) is 9.59 Å². The Morgan fingerprint density at radius 1 is 0.872 bits per heavy atom. The van der Waals surface area contributed by atoms with E-state index in [1.807, 2.05) is 75.4 Å². The maximum atomic E-state index is 13.7. The first-order valence-corrected chi connectivity index (χ1v) is 14.7. The maximum absolute atomic E-state index is 13.7. The summed E-state index contributed by atoms with van der Waals surface area (Å²) in [5.74, 6) is -0.402. The zero-order valence-electron chi connectivity index (χ0n) is 23.2. The fourth-order valence-corrected chi connectivity index (χ4v) is 5.66. The van der Waals surface area contributed by atoms with Crippen molar-refractivity contribution in [2.24, 2.45) is 0 Å². The lowest BCUT2D eigenvalue weighted by atomic mass is 10.0. The lowest BCUT2D eigenvalue weighted by molar-refractivity contribution is -0.141. The number of aryl methyl sites for hydroxylation is 1. The fraction of sp³-hybridized carbons (Fsp3) is 0.355. The lowest BCUT2D eigenvalue weighted by Crippen LogP contribution is -2.51. The van der Waals surface area contributed by atoms with Crippen molar-refractivity contribution in [3.05, 3.63) is 102 Å². The number of nitrogens with one attached hydrogen (secondary N) is 1. The van der Waals surface area contributed by atoms with Crippen LogP contribution in [0.1, 0.15) is 43.4 Å². The number of rotatable bonds is 13. The van der Waals surface area contributed by atoms with Crippen molar-refractivity contribution in [2.45, 2.75) is 63.6 Å². The van der Waals surface area contributed by atoms with Crippen LogP contribution in [0.25, 0.3) is 0 Å². The molecule has 3 rings (SSSR count). The summed E-state index contributed by atoms with van der Waals surface area (Å²) in [6.07, 6.45) is 0.815. The molecule has 0 spiro atoms. The molecule has 0 bridgehead atoms. The summed E-state index contributed by atoms with van der Waals surface area (Å²) < 4.78 is 27.1. The monoisotopic (exact) mass is 549 g/mol. The summed E-state index contributed by atoms with van der Waals surface area (Å²) in [7, 11) is -2.13. The third-order valence-corrected chi connectivity index (χ3v) is 8.32. The van der Waals surface area contributed by atoms with Gasteiger partial charge in [-0.2, -0.15) is 0 Å². The quantitative estimate of drug-likeness (QED) is 0.339. The van der Waals surface area contributed by atoms with Gasteiger partial charge in [0.15, 0.2) is 0 Å². The molecule has 0 aliphatic heterocycles. The molecular formula is C31H39N3O4S. The Morgan fingerprint density at radius 3 is 2.10 bits per heavy atom. The Morgan fingerprint density at radius 2 is 1.49 bits per heavy atom. The van der Waals surface area contributed by atoms with Crippen molar-refractivity contribution in [1.82, 2.24) is 14.5 Å². The van der Waals surface area contributed by atoms with Gasteiger partial charge < -0.3 is 10.2 Å². The molecule has 2 amide bonds. The number of hydrogen-bond donors (Lipinski definition) is 1. The van der Waals surface area contributed by atoms with Crippen LogP contribution in [0.4, 0.5) is 0 Å². The van der Waals surface area contributed by atoms with Crippen molar-refractivity contribution in [1.29, 1.82) is 0 Å². The summed E-state index contributed by atoms with van der Waals surface area (Å²) in [4.78, 5) is 29.0. The van der Waals surface area contributed by atoms with E-state index in [4.69, 9.17) is 0 Å². The van der Waals surface area contributed by atoms with Gasteiger partial charge in [-0.05, 0) is 50.5 Å². The second kappa shape index (κ2) is 14.1. The predicted molar refractivity (Wildman–Crippen MR) is 154 cm³/mol. The topological polar surface area (TPSA) is 86.8 Å². The van der Waals surface area contributed by atoms with Crippen molar-refractivity contribution in [2.75, 3.05) is 13.6 Å². The molecular weight excluding hydrogens is 510 g/mol. The number of carbonyl (C=O) groups is 2. The third-order valence-electron chi connectivity index (χ3n) is 6.45. The van der Waals surface area contributed by atoms with Gasteiger partial charge in [0.25, 0.3) is 0 Å². The molecule has 0 aromatic heterocycles. The zero-order chi connectivity index (χ0) is 28.4. The molecule has 0 fully saturated rings. The number of carbonyl (C=O) groups excluding carboxylic acids is 2. The Hall–Kier alpha value is -3.49. The van der Waals surface area contributed by atoms with E-state index in [-0.39, 0.29) is 42.3 Å². The highest BCUT2D eigenvalue weighted by Gasteiger charge is 2.31. The smallest absolute Gasteiger partial charge is 0.243 e. The Balaban J connectivity index is 1.82. The predicted octanol–water partition coefficient (Wildman–Crippen LogP) is 4.56. The summed E-state index contributed by atoms with van der Waals surface area (Å²) in [5.41, 5.74) is 2.96. The molecule has 0 heterocycles. The van der Waals surface area contributed by atoms with Crippen LogP contribution in [0.2, 0.25) is 0 Å². The molecule has 8 heteroatoms. The Kier molecular flexibility index (Phi) is 10.8. The highest BCUT2D eigenvalue weighted by molar-refractivity contribution is 7.89. The summed E-state index contributed by atoms with van der Waals surface area (Å²) in [6, 6.07) is 25.0. The minimum Gasteiger partial charge on any atom is -0.352 e. The van der Waals surface area contributed by atoms with Crippen molar-refractivity contribution in [3.63, 3.8) is 0 Å². The van der Waals surface area contributed by atoms with Gasteiger partial charge in [0.2, 0.25) is 21.8 Å². The van der Waals surface area contributed by atoms with Crippen LogP contribution in [0, 0.1) is 6.92 Å². The minimum absolute atomic E-state index is 0.0801. The summed E-state index contributed by atoms with van der Waals surface area (Å²) >= 11 is 0. The molecule has 7 nitrogen and oxygen atoms in total. The molecule has 0 aliphatic rings. The van der Waals surface area contributed by atoms with Crippen molar-refractivity contribution < 1.29 is 18.0 Å². The number of benzene rings is 3. The molecule has 0 unspecified atom stereocenters. The third kappa shape index (κ3) is 8.76. The van der Waals surface area contributed by atoms with E-state index in [1.54, 1.807) is 35.2 Å². The highest BCUT2D eigenvalue weighted by Crippen LogP contribution is 2.19. The second-order valence-electron chi connectivity index (χ2n) is 10.1. The number of sulfonamides is 1. The van der Waals surface area contributed by atoms with E-state index in [9.17, 15) is 18.0 Å². The SMILES string of the molecule is Cc1cccc(CN(C(=O)CCCN(C)S(=O)(=O)c2ccccc2)[C@@H](Cc2ccccc2)C(=O)NC(C)C)c1. The van der Waals surface area contributed by atoms with Gasteiger partial charge in [0.1, 0.15) is 6.04 Å². The summed E-state index contributed by atoms with van der Waals surface area (Å²) in [5, 5.41) is 2.99. The molecule has 39 heavy (non-hydrogen) atoms. The average Bonchev–Trinajstić information content (AvgIpc) is 2.91. The average molecular weight is 550 g/mol. The van der Waals surface area contributed by atoms with E-state index in [0.717, 1.165) is 16.7 Å². The molecule has 0 saturated carbocycles. The van der Waals surface area contributed by atoms with Crippen molar-refractivity contribution in [3.8, 4) is 0 Å². The van der Waals surface area contributed by atoms with Gasteiger partial charge in [0, 0.05) is 39.0 Å². The lowest BCUT2D eigenvalue weighted by Gasteiger charge is -2.32. The second-order valence-corrected chi connectivity index (χ2v) is 12.2. The van der Waals surface area contributed by atoms with Crippen LogP contribution in [0.15, 0.2) is 89.8 Å². The van der Waals surface area contributed by atoms with Gasteiger partial charge in [-0.25, -0.2) is 12.7 Å². The first kappa shape index (κ1) is 30.1. The largest absolute Gasteiger partial charge is 0.352 e. The van der Waals surface area contributed by atoms with E-state index in [2.05, 4.69) is 5.32 Å². The van der Waals surface area contributed by atoms with E-state index in [1.165, 1.54) is 11.4 Å². The molecule has 0 aliphatic carbocycles. The molecule has 0 saturated heterocycles. The van der Waals surface area contributed by atoms with Crippen LogP contribution in [-0.4, -0.2) is 55.1 Å². The van der Waals surface area contributed by atoms with Crippen LogP contribution >= 0.6 is 0 Å². The molecule has 0 radical (unpaired) electrons. The number of nitrogens with zero attached hydrogens (tertiary/aromatic N) is 2. The number of hydrogen-bond acceptors (Lipinski definition) is 4. The van der Waals surface area contributed by atoms with Gasteiger partial charge >= 0.3 is 0 Å². The van der Waals surface area contributed by atoms with Gasteiger partial charge in [0.05, 0.1) is 4.90 Å². The first-order chi connectivity index (χ1) is 18.6. The van der Waals surface area contributed by atoms with E-state index < -0.39 is 16.1 Å². The normalized spacial score (nSPS) is 12.4. The molecule has 1 atom stereocenters. The fourth-order valence-electron chi connectivity index (χ4n) is 4.43. The Labute approximate surface area is 232 Å². The molecule has 3 aromatic rings. The molecule has 3 aromatic carbocycles. The maximum Gasteiger partial charge on any atom is 0.243 e. The minimum atomic E-state index is -3.65. The van der Waals surface area contributed by atoms with Crippen LogP contribution in [0.5, 0.6) is 0 Å². The Bertz CT molecular complexity index is 1330. The summed E-state index contributed by atoms with van der Waals surface area (Å²) in [6.45, 7) is 6.25. The zero-order valence-corrected chi connectivity index (χ0v) is 24.0. The number of amides is 2. The van der Waals surface area contributed by atoms with E-state index in [0.29, 0.717) is 12.8 Å². The van der Waals surface area contributed by atoms with Crippen LogP contribution in [0.3, 0.4) is 0 Å². The molecule has 1 N–H and O–H groups in total. The highest BCUT2D eigenvalue weighted by atomic mass is 32.2. The van der Waals surface area contributed by atoms with Crippen molar-refractivity contribution >= 4 is 21.8 Å². The standard InChI is InChI=1S/C31H39N3O4S/c1-24(2)32-31(36)29(22-26-14-7-5-8-15-26)34(23-27-16-11-13-25(3)21-27)30(35)19-12-20-33(4)39(37,38)28-17-9-6-10-18-28/h5-11,13-18,21,24,29H,12,19-20,22-23H2,1-4H3,(H,32,36)/t29-/m0/s1. The molecule has 208 valence electrons. The first-order valence-electron chi connectivity index (χ1n) is 13.3. The van der Waals surface area contributed by atoms with Crippen LogP contribution in [-0.2, 0) is 32.6 Å². The van der Waals surface area contributed by atoms with Gasteiger partial charge in [-0.15, -0.1) is 0 Å².